The third-order valence-electron chi connectivity index (χ3n) is 1.70. The molecule has 1 rings (SSSR count). The predicted molar refractivity (Wildman–Crippen MR) is 44.0 cm³/mol. The number of benzene rings is 1. The number of hydrogen-bond donors (Lipinski definition) is 2. The second kappa shape index (κ2) is 3.53. The van der Waals surface area contributed by atoms with Crippen LogP contribution in [0.15, 0.2) is 18.2 Å². The maximum absolute atomic E-state index is 12.8. The van der Waals surface area contributed by atoms with E-state index in [1.54, 1.807) is 0 Å². The second-order valence-corrected chi connectivity index (χ2v) is 2.72. The Morgan fingerprint density at radius 3 is 2.62 bits per heavy atom. The molecule has 70 valence electrons. The normalized spacial score (nSPS) is 12.5. The zero-order chi connectivity index (χ0) is 10.0. The zero-order valence-corrected chi connectivity index (χ0v) is 6.99. The Morgan fingerprint density at radius 2 is 2.15 bits per heavy atom. The van der Waals surface area contributed by atoms with Gasteiger partial charge in [-0.25, -0.2) is 9.18 Å². The highest BCUT2D eigenvalue weighted by atomic mass is 19.1. The molecule has 0 saturated carbocycles. The Balaban J connectivity index is 3.19. The van der Waals surface area contributed by atoms with Gasteiger partial charge in [0.05, 0.1) is 11.7 Å². The molecule has 1 atom stereocenters. The van der Waals surface area contributed by atoms with Gasteiger partial charge in [0.1, 0.15) is 5.82 Å². The fourth-order valence-electron chi connectivity index (χ4n) is 0.967. The van der Waals surface area contributed by atoms with Crippen LogP contribution in [-0.4, -0.2) is 16.2 Å². The highest BCUT2D eigenvalue weighted by molar-refractivity contribution is 5.88. The number of halogens is 1. The predicted octanol–water partition coefficient (Wildman–Crippen LogP) is 1.58. The molecule has 0 aliphatic heterocycles. The summed E-state index contributed by atoms with van der Waals surface area (Å²) in [6, 6.07) is 3.51. The molecular weight excluding hydrogens is 175 g/mol. The van der Waals surface area contributed by atoms with Gasteiger partial charge in [0.25, 0.3) is 0 Å². The summed E-state index contributed by atoms with van der Waals surface area (Å²) in [5.74, 6) is -2.13. The molecule has 0 fully saturated rings. The summed E-state index contributed by atoms with van der Waals surface area (Å²) in [5.41, 5.74) is -0.0304. The summed E-state index contributed by atoms with van der Waals surface area (Å²) in [7, 11) is 0. The summed E-state index contributed by atoms with van der Waals surface area (Å²) in [6.07, 6.45) is -0.793. The smallest absolute Gasteiger partial charge is 0.338 e. The first kappa shape index (κ1) is 9.67. The molecule has 0 aliphatic carbocycles. The van der Waals surface area contributed by atoms with E-state index >= 15 is 0 Å². The van der Waals surface area contributed by atoms with Gasteiger partial charge in [-0.1, -0.05) is 6.07 Å². The van der Waals surface area contributed by atoms with E-state index < -0.39 is 23.5 Å². The van der Waals surface area contributed by atoms with Crippen molar-refractivity contribution in [2.45, 2.75) is 13.0 Å². The molecule has 0 heterocycles. The maximum Gasteiger partial charge on any atom is 0.338 e. The average Bonchev–Trinajstić information content (AvgIpc) is 2.04. The summed E-state index contributed by atoms with van der Waals surface area (Å²) in [6.45, 7) is 1.48. The fourth-order valence-corrected chi connectivity index (χ4v) is 0.967. The van der Waals surface area contributed by atoms with Crippen LogP contribution >= 0.6 is 0 Å². The van der Waals surface area contributed by atoms with Crippen LogP contribution in [0.1, 0.15) is 28.9 Å². The standard InChI is InChI=1S/C9H9FO3/c1-5(11)6-2-3-8(10)7(4-6)9(12)13/h2-5,11H,1H3,(H,12,13). The van der Waals surface area contributed by atoms with Gasteiger partial charge in [0.2, 0.25) is 0 Å². The van der Waals surface area contributed by atoms with Gasteiger partial charge in [-0.15, -0.1) is 0 Å². The molecule has 0 spiro atoms. The molecular formula is C9H9FO3. The summed E-state index contributed by atoms with van der Waals surface area (Å²) < 4.78 is 12.8. The van der Waals surface area contributed by atoms with Gasteiger partial charge in [0, 0.05) is 0 Å². The van der Waals surface area contributed by atoms with Gasteiger partial charge in [-0.05, 0) is 24.6 Å². The van der Waals surface area contributed by atoms with E-state index in [0.29, 0.717) is 5.56 Å². The van der Waals surface area contributed by atoms with E-state index in [1.165, 1.54) is 13.0 Å². The Bertz CT molecular complexity index is 334. The quantitative estimate of drug-likeness (QED) is 0.733. The fraction of sp³-hybridized carbons (Fsp3) is 0.222. The van der Waals surface area contributed by atoms with Crippen LogP contribution in [0.25, 0.3) is 0 Å². The molecule has 0 saturated heterocycles. The lowest BCUT2D eigenvalue weighted by Gasteiger charge is -2.05. The average molecular weight is 184 g/mol. The van der Waals surface area contributed by atoms with Gasteiger partial charge in [0.15, 0.2) is 0 Å². The molecule has 2 N–H and O–H groups in total. The third-order valence-corrected chi connectivity index (χ3v) is 1.70. The molecule has 1 aromatic carbocycles. The van der Waals surface area contributed by atoms with Crippen molar-refractivity contribution in [1.82, 2.24) is 0 Å². The van der Waals surface area contributed by atoms with Gasteiger partial charge in [-0.2, -0.15) is 0 Å². The van der Waals surface area contributed by atoms with E-state index in [-0.39, 0.29) is 0 Å². The zero-order valence-electron chi connectivity index (χ0n) is 6.99. The number of hydrogen-bond acceptors (Lipinski definition) is 2. The van der Waals surface area contributed by atoms with Gasteiger partial charge >= 0.3 is 5.97 Å². The number of aliphatic hydroxyl groups is 1. The molecule has 1 unspecified atom stereocenters. The highest BCUT2D eigenvalue weighted by Crippen LogP contribution is 2.16. The Hall–Kier alpha value is -1.42. The van der Waals surface area contributed by atoms with Crippen molar-refractivity contribution in [3.63, 3.8) is 0 Å². The first-order valence-corrected chi connectivity index (χ1v) is 3.73. The minimum atomic E-state index is -1.33. The van der Waals surface area contributed by atoms with Crippen molar-refractivity contribution >= 4 is 5.97 Å². The van der Waals surface area contributed by atoms with Gasteiger partial charge < -0.3 is 10.2 Å². The largest absolute Gasteiger partial charge is 0.478 e. The molecule has 0 amide bonds. The number of aliphatic hydroxyl groups excluding tert-OH is 1. The van der Waals surface area contributed by atoms with Crippen molar-refractivity contribution < 1.29 is 19.4 Å². The van der Waals surface area contributed by atoms with Crippen LogP contribution in [0.3, 0.4) is 0 Å². The molecule has 4 heteroatoms. The van der Waals surface area contributed by atoms with Crippen molar-refractivity contribution in [3.05, 3.63) is 35.1 Å². The van der Waals surface area contributed by atoms with E-state index in [1.807, 2.05) is 0 Å². The van der Waals surface area contributed by atoms with Crippen molar-refractivity contribution in [1.29, 1.82) is 0 Å². The third kappa shape index (κ3) is 2.03. The van der Waals surface area contributed by atoms with Crippen LogP contribution < -0.4 is 0 Å². The minimum Gasteiger partial charge on any atom is -0.478 e. The molecule has 0 bridgehead atoms. The van der Waals surface area contributed by atoms with Crippen molar-refractivity contribution in [2.24, 2.45) is 0 Å². The minimum absolute atomic E-state index is 0.388. The molecule has 1 aromatic rings. The highest BCUT2D eigenvalue weighted by Gasteiger charge is 2.12. The van der Waals surface area contributed by atoms with E-state index in [4.69, 9.17) is 10.2 Å². The number of aromatic carboxylic acids is 1. The summed E-state index contributed by atoms with van der Waals surface area (Å²) in [5, 5.41) is 17.7. The van der Waals surface area contributed by atoms with E-state index in [2.05, 4.69) is 0 Å². The summed E-state index contributed by atoms with van der Waals surface area (Å²) >= 11 is 0. The number of rotatable bonds is 2. The van der Waals surface area contributed by atoms with Crippen molar-refractivity contribution in [2.75, 3.05) is 0 Å². The van der Waals surface area contributed by atoms with Crippen LogP contribution in [-0.2, 0) is 0 Å². The summed E-state index contributed by atoms with van der Waals surface area (Å²) in [4.78, 5) is 10.5. The van der Waals surface area contributed by atoms with Crippen LogP contribution in [0.4, 0.5) is 4.39 Å². The van der Waals surface area contributed by atoms with Crippen LogP contribution in [0.2, 0.25) is 0 Å². The molecule has 13 heavy (non-hydrogen) atoms. The first-order valence-electron chi connectivity index (χ1n) is 3.73. The number of carboxylic acid groups (broad SMARTS) is 1. The second-order valence-electron chi connectivity index (χ2n) is 2.72. The van der Waals surface area contributed by atoms with Crippen LogP contribution in [0, 0.1) is 5.82 Å². The molecule has 3 nitrogen and oxygen atoms in total. The van der Waals surface area contributed by atoms with Gasteiger partial charge in [-0.3, -0.25) is 0 Å². The van der Waals surface area contributed by atoms with E-state index in [9.17, 15) is 9.18 Å². The Morgan fingerprint density at radius 1 is 1.54 bits per heavy atom. The molecule has 0 radical (unpaired) electrons. The Kier molecular flexibility index (Phi) is 2.63. The number of carbonyl (C=O) groups is 1. The van der Waals surface area contributed by atoms with E-state index in [0.717, 1.165) is 12.1 Å². The maximum atomic E-state index is 12.8. The Labute approximate surface area is 74.4 Å². The number of carboxylic acids is 1. The lowest BCUT2D eigenvalue weighted by Crippen LogP contribution is -2.02. The molecule has 0 aliphatic rings. The lowest BCUT2D eigenvalue weighted by atomic mass is 10.1. The molecule has 0 aromatic heterocycles. The lowest BCUT2D eigenvalue weighted by molar-refractivity contribution is 0.0691. The van der Waals surface area contributed by atoms with Crippen molar-refractivity contribution in [3.8, 4) is 0 Å². The SMILES string of the molecule is CC(O)c1ccc(F)c(C(=O)O)c1. The topological polar surface area (TPSA) is 57.5 Å². The monoisotopic (exact) mass is 184 g/mol. The van der Waals surface area contributed by atoms with Crippen LogP contribution in [0.5, 0.6) is 0 Å². The first-order chi connectivity index (χ1) is 6.02.